The van der Waals surface area contributed by atoms with Gasteiger partial charge in [0.1, 0.15) is 12.4 Å². The summed E-state index contributed by atoms with van der Waals surface area (Å²) in [5, 5.41) is 2.75. The summed E-state index contributed by atoms with van der Waals surface area (Å²) in [4.78, 5) is 25.5. The van der Waals surface area contributed by atoms with Crippen molar-refractivity contribution in [1.29, 1.82) is 0 Å². The van der Waals surface area contributed by atoms with Gasteiger partial charge in [-0.05, 0) is 24.3 Å². The van der Waals surface area contributed by atoms with Gasteiger partial charge in [-0.1, -0.05) is 36.4 Å². The molecule has 0 bridgehead atoms. The standard InChI is InChI=1S/C19H22N2O3/c1-21(14-15-24-17-10-6-3-7-11-17)18(22)12-13-20-19(23)16-8-4-2-5-9-16/h2-11H,12-15H2,1H3,(H,20,23). The number of nitrogens with one attached hydrogen (secondary N) is 1. The second kappa shape index (κ2) is 9.35. The number of ether oxygens (including phenoxy) is 1. The van der Waals surface area contributed by atoms with Crippen molar-refractivity contribution < 1.29 is 14.3 Å². The molecule has 0 heterocycles. The number of benzene rings is 2. The third-order valence-corrected chi connectivity index (χ3v) is 3.52. The lowest BCUT2D eigenvalue weighted by Gasteiger charge is -2.17. The van der Waals surface area contributed by atoms with Gasteiger partial charge in [0, 0.05) is 25.6 Å². The molecule has 0 spiro atoms. The smallest absolute Gasteiger partial charge is 0.251 e. The molecule has 126 valence electrons. The fourth-order valence-electron chi connectivity index (χ4n) is 2.11. The maximum atomic E-state index is 12.0. The quantitative estimate of drug-likeness (QED) is 0.810. The van der Waals surface area contributed by atoms with Crippen LogP contribution in [0.3, 0.4) is 0 Å². The highest BCUT2D eigenvalue weighted by atomic mass is 16.5. The van der Waals surface area contributed by atoms with Crippen molar-refractivity contribution >= 4 is 11.8 Å². The van der Waals surface area contributed by atoms with Gasteiger partial charge in [-0.25, -0.2) is 0 Å². The highest BCUT2D eigenvalue weighted by Gasteiger charge is 2.10. The normalized spacial score (nSPS) is 10.0. The van der Waals surface area contributed by atoms with Gasteiger partial charge < -0.3 is 15.0 Å². The summed E-state index contributed by atoms with van der Waals surface area (Å²) in [6, 6.07) is 18.4. The highest BCUT2D eigenvalue weighted by molar-refractivity contribution is 5.94. The van der Waals surface area contributed by atoms with Crippen molar-refractivity contribution in [3.63, 3.8) is 0 Å². The number of para-hydroxylation sites is 1. The first-order chi connectivity index (χ1) is 11.7. The van der Waals surface area contributed by atoms with Gasteiger partial charge in [-0.3, -0.25) is 9.59 Å². The molecule has 0 aliphatic carbocycles. The van der Waals surface area contributed by atoms with Crippen LogP contribution in [0, 0.1) is 0 Å². The highest BCUT2D eigenvalue weighted by Crippen LogP contribution is 2.07. The predicted octanol–water partition coefficient (Wildman–Crippen LogP) is 2.34. The molecule has 0 aliphatic rings. The summed E-state index contributed by atoms with van der Waals surface area (Å²) in [5.74, 6) is 0.590. The molecule has 0 fully saturated rings. The summed E-state index contributed by atoms with van der Waals surface area (Å²) in [6.07, 6.45) is 0.264. The van der Waals surface area contributed by atoms with Crippen LogP contribution in [0.5, 0.6) is 5.75 Å². The van der Waals surface area contributed by atoms with Crippen LogP contribution in [0.25, 0.3) is 0 Å². The van der Waals surface area contributed by atoms with E-state index in [1.54, 1.807) is 36.2 Å². The molecule has 0 unspecified atom stereocenters. The van der Waals surface area contributed by atoms with Gasteiger partial charge in [0.05, 0.1) is 6.54 Å². The summed E-state index contributed by atoms with van der Waals surface area (Å²) < 4.78 is 5.56. The van der Waals surface area contributed by atoms with Crippen molar-refractivity contribution in [2.45, 2.75) is 6.42 Å². The van der Waals surface area contributed by atoms with E-state index in [2.05, 4.69) is 5.32 Å². The first-order valence-electron chi connectivity index (χ1n) is 7.92. The Morgan fingerprint density at radius 1 is 1.00 bits per heavy atom. The third-order valence-electron chi connectivity index (χ3n) is 3.52. The van der Waals surface area contributed by atoms with Crippen LogP contribution in [-0.2, 0) is 4.79 Å². The van der Waals surface area contributed by atoms with Crippen LogP contribution >= 0.6 is 0 Å². The molecule has 24 heavy (non-hydrogen) atoms. The maximum Gasteiger partial charge on any atom is 0.251 e. The molecule has 0 aromatic heterocycles. The second-order valence-corrected chi connectivity index (χ2v) is 5.35. The molecule has 0 radical (unpaired) electrons. The fraction of sp³-hybridized carbons (Fsp3) is 0.263. The Hall–Kier alpha value is -2.82. The van der Waals surface area contributed by atoms with Crippen molar-refractivity contribution in [2.75, 3.05) is 26.7 Å². The zero-order chi connectivity index (χ0) is 17.2. The maximum absolute atomic E-state index is 12.0. The Balaban J connectivity index is 1.64. The van der Waals surface area contributed by atoms with Gasteiger partial charge in [-0.2, -0.15) is 0 Å². The van der Waals surface area contributed by atoms with Gasteiger partial charge >= 0.3 is 0 Å². The van der Waals surface area contributed by atoms with Crippen molar-refractivity contribution in [1.82, 2.24) is 10.2 Å². The fourth-order valence-corrected chi connectivity index (χ4v) is 2.11. The van der Waals surface area contributed by atoms with Gasteiger partial charge in [0.2, 0.25) is 5.91 Å². The van der Waals surface area contributed by atoms with Gasteiger partial charge in [0.15, 0.2) is 0 Å². The summed E-state index contributed by atoms with van der Waals surface area (Å²) in [5.41, 5.74) is 0.592. The van der Waals surface area contributed by atoms with E-state index in [0.717, 1.165) is 5.75 Å². The molecule has 0 saturated carbocycles. The van der Waals surface area contributed by atoms with Crippen molar-refractivity contribution in [2.24, 2.45) is 0 Å². The van der Waals surface area contributed by atoms with E-state index < -0.39 is 0 Å². The lowest BCUT2D eigenvalue weighted by molar-refractivity contribution is -0.130. The van der Waals surface area contributed by atoms with E-state index in [-0.39, 0.29) is 18.2 Å². The Kier molecular flexibility index (Phi) is 6.83. The lowest BCUT2D eigenvalue weighted by Crippen LogP contribution is -2.34. The minimum atomic E-state index is -0.168. The van der Waals surface area contributed by atoms with Crippen LogP contribution in [0.15, 0.2) is 60.7 Å². The minimum Gasteiger partial charge on any atom is -0.492 e. The van der Waals surface area contributed by atoms with Crippen LogP contribution < -0.4 is 10.1 Å². The van der Waals surface area contributed by atoms with E-state index in [1.165, 1.54) is 0 Å². The van der Waals surface area contributed by atoms with Crippen LogP contribution in [0.1, 0.15) is 16.8 Å². The molecule has 0 atom stereocenters. The first kappa shape index (κ1) is 17.5. The van der Waals surface area contributed by atoms with Crippen LogP contribution in [0.2, 0.25) is 0 Å². The average Bonchev–Trinajstić information content (AvgIpc) is 2.63. The Labute approximate surface area is 142 Å². The lowest BCUT2D eigenvalue weighted by atomic mass is 10.2. The molecule has 2 amide bonds. The topological polar surface area (TPSA) is 58.6 Å². The molecule has 0 aliphatic heterocycles. The summed E-state index contributed by atoms with van der Waals surface area (Å²) in [7, 11) is 1.73. The van der Waals surface area contributed by atoms with Crippen LogP contribution in [-0.4, -0.2) is 43.5 Å². The average molecular weight is 326 g/mol. The summed E-state index contributed by atoms with van der Waals surface area (Å²) in [6.45, 7) is 1.25. The van der Waals surface area contributed by atoms with E-state index in [4.69, 9.17) is 4.74 Å². The SMILES string of the molecule is CN(CCOc1ccccc1)C(=O)CCNC(=O)c1ccccc1. The largest absolute Gasteiger partial charge is 0.492 e. The Morgan fingerprint density at radius 2 is 1.62 bits per heavy atom. The number of likely N-dealkylation sites (N-methyl/N-ethyl adjacent to an activating group) is 1. The molecule has 0 saturated heterocycles. The molecule has 5 nitrogen and oxygen atoms in total. The molecule has 1 N–H and O–H groups in total. The van der Waals surface area contributed by atoms with Crippen LogP contribution in [0.4, 0.5) is 0 Å². The number of carbonyl (C=O) groups is 2. The number of hydrogen-bond donors (Lipinski definition) is 1. The van der Waals surface area contributed by atoms with Gasteiger partial charge in [0.25, 0.3) is 5.91 Å². The Bertz CT molecular complexity index is 644. The number of nitrogens with zero attached hydrogens (tertiary/aromatic N) is 1. The monoisotopic (exact) mass is 326 g/mol. The van der Waals surface area contributed by atoms with E-state index in [1.807, 2.05) is 36.4 Å². The third kappa shape index (κ3) is 5.76. The molecule has 5 heteroatoms. The molecular formula is C19H22N2O3. The second-order valence-electron chi connectivity index (χ2n) is 5.35. The van der Waals surface area contributed by atoms with Crippen molar-refractivity contribution in [3.8, 4) is 5.75 Å². The minimum absolute atomic E-state index is 0.0278. The van der Waals surface area contributed by atoms with E-state index in [0.29, 0.717) is 25.3 Å². The van der Waals surface area contributed by atoms with E-state index >= 15 is 0 Å². The first-order valence-corrected chi connectivity index (χ1v) is 7.92. The van der Waals surface area contributed by atoms with Gasteiger partial charge in [-0.15, -0.1) is 0 Å². The number of carbonyl (C=O) groups excluding carboxylic acids is 2. The molecule has 2 aromatic carbocycles. The number of hydrogen-bond acceptors (Lipinski definition) is 3. The number of amides is 2. The summed E-state index contributed by atoms with van der Waals surface area (Å²) >= 11 is 0. The number of rotatable bonds is 8. The zero-order valence-electron chi connectivity index (χ0n) is 13.8. The molecular weight excluding hydrogens is 304 g/mol. The zero-order valence-corrected chi connectivity index (χ0v) is 13.8. The molecule has 2 rings (SSSR count). The van der Waals surface area contributed by atoms with E-state index in [9.17, 15) is 9.59 Å². The molecule has 2 aromatic rings. The van der Waals surface area contributed by atoms with Crippen molar-refractivity contribution in [3.05, 3.63) is 66.2 Å². The predicted molar refractivity (Wildman–Crippen MR) is 93.0 cm³/mol. The Morgan fingerprint density at radius 3 is 2.29 bits per heavy atom.